The van der Waals surface area contributed by atoms with E-state index >= 15 is 0 Å². The number of hydrogen-bond donors (Lipinski definition) is 3. The number of sulfonamides is 1. The first-order chi connectivity index (χ1) is 6.63. The van der Waals surface area contributed by atoms with Crippen molar-refractivity contribution in [3.63, 3.8) is 0 Å². The number of rotatable bonds is 2. The number of aromatic nitrogens is 2. The molecule has 1 aromatic carbocycles. The molecule has 0 fully saturated rings. The van der Waals surface area contributed by atoms with Gasteiger partial charge in [0.05, 0.1) is 22.3 Å². The predicted octanol–water partition coefficient (Wildman–Crippen LogP) is -0.285. The van der Waals surface area contributed by atoms with Crippen molar-refractivity contribution in [2.45, 2.75) is 4.90 Å². The summed E-state index contributed by atoms with van der Waals surface area (Å²) >= 11 is 0. The van der Waals surface area contributed by atoms with Crippen LogP contribution in [0.15, 0.2) is 29.4 Å². The van der Waals surface area contributed by atoms with Crippen LogP contribution in [0.1, 0.15) is 0 Å². The van der Waals surface area contributed by atoms with Gasteiger partial charge in [-0.2, -0.15) is 4.83 Å². The molecule has 0 saturated carbocycles. The lowest BCUT2D eigenvalue weighted by atomic mass is 10.3. The zero-order chi connectivity index (χ0) is 10.2. The van der Waals surface area contributed by atoms with E-state index in [-0.39, 0.29) is 4.90 Å². The first-order valence-electron chi connectivity index (χ1n) is 3.79. The quantitative estimate of drug-likeness (QED) is 0.470. The largest absolute Gasteiger partial charge is 0.345 e. The summed E-state index contributed by atoms with van der Waals surface area (Å²) in [4.78, 5) is 8.64. The summed E-state index contributed by atoms with van der Waals surface area (Å²) in [6.45, 7) is 0. The molecule has 0 aliphatic rings. The van der Waals surface area contributed by atoms with Crippen LogP contribution in [-0.2, 0) is 10.0 Å². The molecule has 0 radical (unpaired) electrons. The van der Waals surface area contributed by atoms with Gasteiger partial charge >= 0.3 is 0 Å². The van der Waals surface area contributed by atoms with E-state index in [1.54, 1.807) is 10.9 Å². The van der Waals surface area contributed by atoms with Gasteiger partial charge in [0.15, 0.2) is 0 Å². The van der Waals surface area contributed by atoms with Gasteiger partial charge < -0.3 is 4.98 Å². The van der Waals surface area contributed by atoms with Crippen LogP contribution in [-0.4, -0.2) is 18.4 Å². The predicted molar refractivity (Wildman–Crippen MR) is 50.6 cm³/mol. The second-order valence-electron chi connectivity index (χ2n) is 2.70. The van der Waals surface area contributed by atoms with Gasteiger partial charge in [-0.3, -0.25) is 5.84 Å². The molecule has 1 aromatic heterocycles. The molecule has 0 unspecified atom stereocenters. The molecule has 0 amide bonds. The Morgan fingerprint density at radius 3 is 2.93 bits per heavy atom. The molecule has 0 atom stereocenters. The van der Waals surface area contributed by atoms with E-state index in [0.717, 1.165) is 0 Å². The number of hydrogen-bond acceptors (Lipinski definition) is 4. The van der Waals surface area contributed by atoms with E-state index < -0.39 is 10.0 Å². The number of nitrogens with two attached hydrogens (primary N) is 1. The van der Waals surface area contributed by atoms with Crippen LogP contribution >= 0.6 is 0 Å². The van der Waals surface area contributed by atoms with Crippen molar-refractivity contribution in [3.8, 4) is 0 Å². The Hall–Kier alpha value is -1.44. The minimum atomic E-state index is -3.59. The molecule has 2 rings (SSSR count). The zero-order valence-corrected chi connectivity index (χ0v) is 7.88. The van der Waals surface area contributed by atoms with Gasteiger partial charge in [-0.15, -0.1) is 0 Å². The van der Waals surface area contributed by atoms with Crippen LogP contribution < -0.4 is 10.7 Å². The zero-order valence-electron chi connectivity index (χ0n) is 7.06. The minimum Gasteiger partial charge on any atom is -0.345 e. The fourth-order valence-electron chi connectivity index (χ4n) is 1.15. The van der Waals surface area contributed by atoms with Crippen LogP contribution in [0.25, 0.3) is 11.0 Å². The molecule has 0 saturated heterocycles. The molecule has 74 valence electrons. The minimum absolute atomic E-state index is 0.108. The van der Waals surface area contributed by atoms with Crippen molar-refractivity contribution < 1.29 is 8.42 Å². The van der Waals surface area contributed by atoms with Crippen LogP contribution in [0.4, 0.5) is 0 Å². The van der Waals surface area contributed by atoms with Gasteiger partial charge in [0.25, 0.3) is 10.0 Å². The molecule has 0 aliphatic carbocycles. The Labute approximate surface area is 80.2 Å². The standard InChI is InChI=1S/C7H8N4O2S/c8-11-14(12,13)5-1-2-6-7(3-5)10-4-9-6/h1-4,11H,8H2,(H,9,10). The first-order valence-corrected chi connectivity index (χ1v) is 5.27. The number of imidazole rings is 1. The van der Waals surface area contributed by atoms with Gasteiger partial charge in [0, 0.05) is 0 Å². The van der Waals surface area contributed by atoms with Crippen LogP contribution in [0.2, 0.25) is 0 Å². The second-order valence-corrected chi connectivity index (χ2v) is 4.42. The summed E-state index contributed by atoms with van der Waals surface area (Å²) in [5.74, 6) is 4.89. The van der Waals surface area contributed by atoms with Crippen LogP contribution in [0.3, 0.4) is 0 Å². The lowest BCUT2D eigenvalue weighted by Gasteiger charge is -2.00. The Kier molecular flexibility index (Phi) is 1.99. The van der Waals surface area contributed by atoms with Crippen molar-refractivity contribution in [2.75, 3.05) is 0 Å². The van der Waals surface area contributed by atoms with Crippen molar-refractivity contribution >= 4 is 21.1 Å². The Morgan fingerprint density at radius 1 is 1.43 bits per heavy atom. The van der Waals surface area contributed by atoms with E-state index in [1.165, 1.54) is 18.5 Å². The highest BCUT2D eigenvalue weighted by molar-refractivity contribution is 7.89. The average molecular weight is 212 g/mol. The monoisotopic (exact) mass is 212 g/mol. The number of nitrogens with zero attached hydrogens (tertiary/aromatic N) is 1. The topological polar surface area (TPSA) is 101 Å². The fraction of sp³-hybridized carbons (Fsp3) is 0. The van der Waals surface area contributed by atoms with Crippen molar-refractivity contribution in [1.82, 2.24) is 14.8 Å². The molecule has 7 heteroatoms. The van der Waals surface area contributed by atoms with E-state index in [0.29, 0.717) is 11.0 Å². The summed E-state index contributed by atoms with van der Waals surface area (Å²) in [7, 11) is -3.59. The van der Waals surface area contributed by atoms with Crippen molar-refractivity contribution in [3.05, 3.63) is 24.5 Å². The number of fused-ring (bicyclic) bond motifs is 1. The third kappa shape index (κ3) is 1.37. The fourth-order valence-corrected chi connectivity index (χ4v) is 1.81. The molecule has 2 aromatic rings. The van der Waals surface area contributed by atoms with Crippen molar-refractivity contribution in [2.24, 2.45) is 5.84 Å². The molecule has 1 heterocycles. The SMILES string of the molecule is NNS(=O)(=O)c1ccc2nc[nH]c2c1. The van der Waals surface area contributed by atoms with Crippen LogP contribution in [0, 0.1) is 0 Å². The number of hydrazine groups is 1. The van der Waals surface area contributed by atoms with Gasteiger partial charge in [-0.1, -0.05) is 0 Å². The Morgan fingerprint density at radius 2 is 2.21 bits per heavy atom. The number of nitrogens with one attached hydrogen (secondary N) is 2. The second kappa shape index (κ2) is 3.05. The molecule has 6 nitrogen and oxygen atoms in total. The normalized spacial score (nSPS) is 12.1. The van der Waals surface area contributed by atoms with E-state index in [4.69, 9.17) is 5.84 Å². The highest BCUT2D eigenvalue weighted by atomic mass is 32.2. The number of H-pyrrole nitrogens is 1. The molecule has 0 aliphatic heterocycles. The number of aromatic amines is 1. The van der Waals surface area contributed by atoms with Crippen molar-refractivity contribution in [1.29, 1.82) is 0 Å². The van der Waals surface area contributed by atoms with E-state index in [1.807, 2.05) is 0 Å². The van der Waals surface area contributed by atoms with Gasteiger partial charge in [0.2, 0.25) is 0 Å². The molecular weight excluding hydrogens is 204 g/mol. The first kappa shape index (κ1) is 9.13. The van der Waals surface area contributed by atoms with E-state index in [2.05, 4.69) is 9.97 Å². The van der Waals surface area contributed by atoms with Gasteiger partial charge in [0.1, 0.15) is 0 Å². The third-order valence-electron chi connectivity index (χ3n) is 1.86. The van der Waals surface area contributed by atoms with Gasteiger partial charge in [-0.05, 0) is 18.2 Å². The number of benzene rings is 1. The molecule has 4 N–H and O–H groups in total. The summed E-state index contributed by atoms with van der Waals surface area (Å²) in [6, 6.07) is 4.52. The van der Waals surface area contributed by atoms with E-state index in [9.17, 15) is 8.42 Å². The molecular formula is C7H8N4O2S. The summed E-state index contributed by atoms with van der Waals surface area (Å²) in [5.41, 5.74) is 1.36. The summed E-state index contributed by atoms with van der Waals surface area (Å²) in [5, 5.41) is 0. The maximum atomic E-state index is 11.3. The Bertz CT molecular complexity index is 560. The summed E-state index contributed by atoms with van der Waals surface area (Å²) in [6.07, 6.45) is 1.50. The van der Waals surface area contributed by atoms with Gasteiger partial charge in [-0.25, -0.2) is 13.4 Å². The average Bonchev–Trinajstić information content (AvgIpc) is 2.64. The highest BCUT2D eigenvalue weighted by Crippen LogP contribution is 2.14. The third-order valence-corrected chi connectivity index (χ3v) is 3.04. The lowest BCUT2D eigenvalue weighted by Crippen LogP contribution is -2.30. The smallest absolute Gasteiger partial charge is 0.253 e. The molecule has 0 bridgehead atoms. The Balaban J connectivity index is 2.65. The summed E-state index contributed by atoms with van der Waals surface area (Å²) < 4.78 is 22.6. The molecule has 14 heavy (non-hydrogen) atoms. The lowest BCUT2D eigenvalue weighted by molar-refractivity contribution is 0.584. The highest BCUT2D eigenvalue weighted by Gasteiger charge is 2.12. The maximum absolute atomic E-state index is 11.3. The molecule has 0 spiro atoms. The van der Waals surface area contributed by atoms with Crippen LogP contribution in [0.5, 0.6) is 0 Å². The maximum Gasteiger partial charge on any atom is 0.253 e.